The van der Waals surface area contributed by atoms with Crippen LogP contribution < -0.4 is 20.7 Å². The van der Waals surface area contributed by atoms with E-state index in [0.717, 1.165) is 19.5 Å². The lowest BCUT2D eigenvalue weighted by molar-refractivity contribution is 0.462. The highest BCUT2D eigenvalue weighted by Gasteiger charge is 2.22. The molecule has 1 nitrogen and oxygen atoms in total. The monoisotopic (exact) mass is 484 g/mol. The first-order valence-corrected chi connectivity index (χ1v) is 9.65. The smallest absolute Gasteiger partial charge is 0.147 e. The van der Waals surface area contributed by atoms with Gasteiger partial charge >= 0.3 is 0 Å². The van der Waals surface area contributed by atoms with Gasteiger partial charge in [0.2, 0.25) is 0 Å². The number of hydrogen-bond acceptors (Lipinski definition) is 1. The lowest BCUT2D eigenvalue weighted by atomic mass is 10.1. The Labute approximate surface area is 156 Å². The van der Waals surface area contributed by atoms with Crippen LogP contribution in [-0.2, 0) is 0 Å². The van der Waals surface area contributed by atoms with Crippen LogP contribution in [0.1, 0.15) is 22.3 Å². The Bertz CT molecular complexity index is 696. The Balaban J connectivity index is 2.71. The summed E-state index contributed by atoms with van der Waals surface area (Å²) >= 11 is 2.13. The van der Waals surface area contributed by atoms with E-state index in [0.29, 0.717) is 33.8 Å². The van der Waals surface area contributed by atoms with Gasteiger partial charge in [-0.25, -0.2) is 8.78 Å². The number of ether oxygens (including phenoxy) is 1. The lowest BCUT2D eigenvalue weighted by Crippen LogP contribution is -2.21. The Morgan fingerprint density at radius 1 is 0.696 bits per heavy atom. The average molecular weight is 484 g/mol. The van der Waals surface area contributed by atoms with Gasteiger partial charge in [0.15, 0.2) is 0 Å². The predicted octanol–water partition coefficient (Wildman–Crippen LogP) is 4.10. The first kappa shape index (κ1) is 19.4. The maximum atomic E-state index is 14.4. The zero-order valence-corrected chi connectivity index (χ0v) is 18.9. The van der Waals surface area contributed by atoms with E-state index in [4.69, 9.17) is 4.74 Å². The normalized spacial score (nSPS) is 11.0. The maximum absolute atomic E-state index is 14.4. The molecule has 2 rings (SSSR count). The summed E-state index contributed by atoms with van der Waals surface area (Å²) in [5, 5.41) is 2.25. The van der Waals surface area contributed by atoms with E-state index in [1.807, 2.05) is 0 Å². The summed E-state index contributed by atoms with van der Waals surface area (Å²) in [6, 6.07) is 0. The van der Waals surface area contributed by atoms with Gasteiger partial charge in [-0.2, -0.15) is 0 Å². The van der Waals surface area contributed by atoms with E-state index >= 15 is 0 Å². The Morgan fingerprint density at radius 2 is 1.13 bits per heavy atom. The molecule has 3 atom stereocenters. The van der Waals surface area contributed by atoms with Crippen molar-refractivity contribution >= 4 is 66.2 Å². The Hall–Kier alpha value is 0.120. The van der Waals surface area contributed by atoms with Gasteiger partial charge in [-0.15, -0.1) is 27.7 Å². The molecule has 0 aromatic heterocycles. The molecule has 0 saturated carbocycles. The van der Waals surface area contributed by atoms with E-state index in [-0.39, 0.29) is 11.6 Å². The summed E-state index contributed by atoms with van der Waals surface area (Å²) in [6.07, 6.45) is 0. The number of rotatable bonds is 2. The second kappa shape index (κ2) is 7.16. The Kier molecular flexibility index (Phi) is 6.05. The molecule has 0 bridgehead atoms. The standard InChI is InChI=1S/C16H18F2IOP3/c1-5-9(17)7(3)14(21)11(19)12(5)20-13-6(2)10(18)8(4)15(22)16(13)23/h21-23H2,1-4H3. The van der Waals surface area contributed by atoms with Crippen molar-refractivity contribution in [2.24, 2.45) is 0 Å². The van der Waals surface area contributed by atoms with E-state index in [1.165, 1.54) is 0 Å². The van der Waals surface area contributed by atoms with Crippen LogP contribution in [0.2, 0.25) is 0 Å². The summed E-state index contributed by atoms with van der Waals surface area (Å²) in [5.41, 5.74) is 1.99. The van der Waals surface area contributed by atoms with Crippen molar-refractivity contribution in [2.45, 2.75) is 27.7 Å². The summed E-state index contributed by atoms with van der Waals surface area (Å²) in [6.45, 7) is 6.80. The minimum Gasteiger partial charge on any atom is -0.455 e. The van der Waals surface area contributed by atoms with Crippen molar-refractivity contribution in [3.63, 3.8) is 0 Å². The molecule has 0 aliphatic heterocycles. The fourth-order valence-corrected chi connectivity index (χ4v) is 4.26. The average Bonchev–Trinajstić information content (AvgIpc) is 2.54. The van der Waals surface area contributed by atoms with Gasteiger partial charge < -0.3 is 4.74 Å². The molecule has 0 aliphatic rings. The first-order chi connectivity index (χ1) is 10.6. The summed E-state index contributed by atoms with van der Waals surface area (Å²) in [7, 11) is 7.66. The minimum absolute atomic E-state index is 0.299. The fraction of sp³-hybridized carbons (Fsp3) is 0.250. The highest BCUT2D eigenvalue weighted by atomic mass is 127. The summed E-state index contributed by atoms with van der Waals surface area (Å²) in [5.74, 6) is 0.240. The molecule has 0 N–H and O–H groups in total. The molecular formula is C16H18F2IOP3. The molecule has 3 unspecified atom stereocenters. The number of benzene rings is 2. The van der Waals surface area contributed by atoms with Crippen LogP contribution in [0, 0.1) is 42.9 Å². The molecule has 0 amide bonds. The summed E-state index contributed by atoms with van der Waals surface area (Å²) in [4.78, 5) is 0. The quantitative estimate of drug-likeness (QED) is 0.461. The topological polar surface area (TPSA) is 9.23 Å². The van der Waals surface area contributed by atoms with Crippen LogP contribution in [0.5, 0.6) is 11.5 Å². The highest BCUT2D eigenvalue weighted by Crippen LogP contribution is 2.35. The van der Waals surface area contributed by atoms with Gasteiger partial charge in [-0.1, -0.05) is 0 Å². The lowest BCUT2D eigenvalue weighted by Gasteiger charge is -2.20. The van der Waals surface area contributed by atoms with Crippen molar-refractivity contribution < 1.29 is 13.5 Å². The number of hydrogen-bond donors (Lipinski definition) is 0. The maximum Gasteiger partial charge on any atom is 0.147 e. The molecule has 0 fully saturated rings. The zero-order chi connectivity index (χ0) is 17.6. The van der Waals surface area contributed by atoms with Gasteiger partial charge in [-0.3, -0.25) is 0 Å². The summed E-state index contributed by atoms with van der Waals surface area (Å²) < 4.78 is 35.6. The molecular weight excluding hydrogens is 466 g/mol. The second-order valence-electron chi connectivity index (χ2n) is 5.44. The number of halogens is 3. The van der Waals surface area contributed by atoms with Crippen molar-refractivity contribution in [2.75, 3.05) is 0 Å². The third kappa shape index (κ3) is 3.30. The van der Waals surface area contributed by atoms with E-state index in [9.17, 15) is 8.78 Å². The van der Waals surface area contributed by atoms with Gasteiger partial charge in [0.05, 0.1) is 3.57 Å². The van der Waals surface area contributed by atoms with Crippen LogP contribution in [0.25, 0.3) is 0 Å². The molecule has 0 spiro atoms. The van der Waals surface area contributed by atoms with Crippen molar-refractivity contribution in [3.05, 3.63) is 37.5 Å². The van der Waals surface area contributed by atoms with Crippen molar-refractivity contribution in [3.8, 4) is 11.5 Å². The fourth-order valence-electron chi connectivity index (χ4n) is 2.33. The molecule has 2 aromatic carbocycles. The van der Waals surface area contributed by atoms with Crippen LogP contribution in [0.15, 0.2) is 0 Å². The van der Waals surface area contributed by atoms with Gasteiger partial charge in [0, 0.05) is 16.4 Å². The molecule has 0 aliphatic carbocycles. The SMILES string of the molecule is Cc1c(F)c(C)c(Oc2c(C)c(F)c(C)c(P)c2I)c(P)c1P. The first-order valence-electron chi connectivity index (χ1n) is 6.84. The third-order valence-electron chi connectivity index (χ3n) is 3.98. The highest BCUT2D eigenvalue weighted by molar-refractivity contribution is 14.1. The molecule has 124 valence electrons. The van der Waals surface area contributed by atoms with Gasteiger partial charge in [0.25, 0.3) is 0 Å². The van der Waals surface area contributed by atoms with E-state index in [1.54, 1.807) is 27.7 Å². The van der Waals surface area contributed by atoms with E-state index in [2.05, 4.69) is 50.3 Å². The van der Waals surface area contributed by atoms with Crippen molar-refractivity contribution in [1.82, 2.24) is 0 Å². The molecule has 0 heterocycles. The van der Waals surface area contributed by atoms with Crippen LogP contribution in [-0.4, -0.2) is 0 Å². The largest absolute Gasteiger partial charge is 0.455 e. The predicted molar refractivity (Wildman–Crippen MR) is 113 cm³/mol. The molecule has 2 aromatic rings. The molecule has 23 heavy (non-hydrogen) atoms. The zero-order valence-electron chi connectivity index (χ0n) is 13.3. The van der Waals surface area contributed by atoms with Crippen LogP contribution >= 0.6 is 50.3 Å². The Morgan fingerprint density at radius 3 is 1.65 bits per heavy atom. The van der Waals surface area contributed by atoms with E-state index < -0.39 is 0 Å². The second-order valence-corrected chi connectivity index (χ2v) is 8.25. The minimum atomic E-state index is -0.303. The van der Waals surface area contributed by atoms with Gasteiger partial charge in [0.1, 0.15) is 23.1 Å². The van der Waals surface area contributed by atoms with Crippen LogP contribution in [0.3, 0.4) is 0 Å². The molecule has 0 saturated heterocycles. The molecule has 0 radical (unpaired) electrons. The van der Waals surface area contributed by atoms with Gasteiger partial charge in [-0.05, 0) is 72.0 Å². The third-order valence-corrected chi connectivity index (χ3v) is 8.01. The molecule has 7 heteroatoms. The van der Waals surface area contributed by atoms with Crippen LogP contribution in [0.4, 0.5) is 8.78 Å². The van der Waals surface area contributed by atoms with Crippen molar-refractivity contribution in [1.29, 1.82) is 0 Å².